The Labute approximate surface area is 104 Å². The molecule has 1 atom stereocenters. The van der Waals surface area contributed by atoms with Gasteiger partial charge in [0.1, 0.15) is 0 Å². The van der Waals surface area contributed by atoms with E-state index in [4.69, 9.17) is 0 Å². The molecule has 1 nitrogen and oxygen atoms in total. The zero-order valence-corrected chi connectivity index (χ0v) is 10.4. The van der Waals surface area contributed by atoms with Crippen molar-refractivity contribution < 1.29 is 18.3 Å². The van der Waals surface area contributed by atoms with Crippen LogP contribution in [0.4, 0.5) is 13.2 Å². The lowest BCUT2D eigenvalue weighted by Crippen LogP contribution is -2.26. The van der Waals surface area contributed by atoms with E-state index in [1.165, 1.54) is 6.07 Å². The van der Waals surface area contributed by atoms with E-state index in [9.17, 15) is 18.3 Å². The lowest BCUT2D eigenvalue weighted by Gasteiger charge is -2.20. The van der Waals surface area contributed by atoms with Crippen molar-refractivity contribution in [2.75, 3.05) is 5.75 Å². The third-order valence-corrected chi connectivity index (χ3v) is 3.23. The van der Waals surface area contributed by atoms with E-state index in [0.29, 0.717) is 18.4 Å². The average molecular weight is 264 g/mol. The summed E-state index contributed by atoms with van der Waals surface area (Å²) in [5, 5.41) is 9.72. The molecule has 1 aromatic carbocycles. The molecule has 96 valence electrons. The summed E-state index contributed by atoms with van der Waals surface area (Å²) in [6.07, 6.45) is -3.53. The predicted octanol–water partition coefficient (Wildman–Crippen LogP) is 3.32. The molecule has 0 amide bonds. The maximum absolute atomic E-state index is 12.4. The van der Waals surface area contributed by atoms with E-state index in [1.54, 1.807) is 13.0 Å². The minimum absolute atomic E-state index is 0.284. The van der Waals surface area contributed by atoms with Crippen molar-refractivity contribution >= 4 is 12.6 Å². The molecule has 1 aromatic rings. The first-order chi connectivity index (χ1) is 7.74. The molecule has 0 saturated carbocycles. The fraction of sp³-hybridized carbons (Fsp3) is 0.500. The summed E-state index contributed by atoms with van der Waals surface area (Å²) < 4.78 is 37.3. The van der Waals surface area contributed by atoms with Crippen LogP contribution in [0.3, 0.4) is 0 Å². The molecule has 5 heteroatoms. The fourth-order valence-corrected chi connectivity index (χ4v) is 1.55. The van der Waals surface area contributed by atoms with E-state index in [0.717, 1.165) is 12.1 Å². The number of halogens is 3. The van der Waals surface area contributed by atoms with Crippen molar-refractivity contribution in [3.05, 3.63) is 35.4 Å². The number of aliphatic hydroxyl groups is 1. The summed E-state index contributed by atoms with van der Waals surface area (Å²) in [6, 6.07) is 5.17. The second kappa shape index (κ2) is 5.31. The molecule has 0 aromatic heterocycles. The summed E-state index contributed by atoms with van der Waals surface area (Å²) in [7, 11) is 0. The Morgan fingerprint density at radius 3 is 2.47 bits per heavy atom. The lowest BCUT2D eigenvalue weighted by atomic mass is 9.97. The highest BCUT2D eigenvalue weighted by atomic mass is 32.1. The molecule has 1 unspecified atom stereocenters. The van der Waals surface area contributed by atoms with Crippen LogP contribution in [0.5, 0.6) is 0 Å². The minimum Gasteiger partial charge on any atom is -0.389 e. The number of benzene rings is 1. The highest BCUT2D eigenvalue weighted by Gasteiger charge is 2.30. The van der Waals surface area contributed by atoms with E-state index < -0.39 is 17.3 Å². The van der Waals surface area contributed by atoms with Gasteiger partial charge in [-0.15, -0.1) is 0 Å². The van der Waals surface area contributed by atoms with Crippen LogP contribution in [0.15, 0.2) is 24.3 Å². The number of rotatable bonds is 4. The van der Waals surface area contributed by atoms with Gasteiger partial charge in [-0.2, -0.15) is 25.8 Å². The van der Waals surface area contributed by atoms with Crippen LogP contribution >= 0.6 is 12.6 Å². The highest BCUT2D eigenvalue weighted by Crippen LogP contribution is 2.30. The molecule has 1 N–H and O–H groups in total. The Balaban J connectivity index is 2.74. The third-order valence-electron chi connectivity index (χ3n) is 2.55. The normalized spacial score (nSPS) is 15.6. The zero-order chi connectivity index (χ0) is 13.1. The smallest absolute Gasteiger partial charge is 0.389 e. The maximum Gasteiger partial charge on any atom is 0.416 e. The summed E-state index contributed by atoms with van der Waals surface area (Å²) in [6.45, 7) is 1.62. The van der Waals surface area contributed by atoms with Crippen molar-refractivity contribution in [1.82, 2.24) is 0 Å². The van der Waals surface area contributed by atoms with Crippen LogP contribution in [0.25, 0.3) is 0 Å². The Kier molecular flexibility index (Phi) is 4.49. The van der Waals surface area contributed by atoms with Gasteiger partial charge in [-0.3, -0.25) is 0 Å². The zero-order valence-electron chi connectivity index (χ0n) is 9.46. The van der Waals surface area contributed by atoms with Crippen molar-refractivity contribution in [2.24, 2.45) is 0 Å². The van der Waals surface area contributed by atoms with E-state index >= 15 is 0 Å². The summed E-state index contributed by atoms with van der Waals surface area (Å²) in [5.41, 5.74) is -1.03. The van der Waals surface area contributed by atoms with Crippen molar-refractivity contribution in [1.29, 1.82) is 0 Å². The molecule has 0 fully saturated rings. The van der Waals surface area contributed by atoms with E-state index in [1.807, 2.05) is 0 Å². The Morgan fingerprint density at radius 1 is 1.29 bits per heavy atom. The second-order valence-electron chi connectivity index (χ2n) is 4.35. The second-order valence-corrected chi connectivity index (χ2v) is 4.67. The van der Waals surface area contributed by atoms with Gasteiger partial charge < -0.3 is 5.11 Å². The van der Waals surface area contributed by atoms with Crippen LogP contribution in [0, 0.1) is 0 Å². The van der Waals surface area contributed by atoms with Gasteiger partial charge in [-0.1, -0.05) is 18.2 Å². The summed E-state index contributed by atoms with van der Waals surface area (Å²) >= 11 is 3.98. The molecule has 0 aliphatic heterocycles. The number of alkyl halides is 3. The number of thiol groups is 1. The maximum atomic E-state index is 12.4. The molecular weight excluding hydrogens is 249 g/mol. The molecule has 17 heavy (non-hydrogen) atoms. The largest absolute Gasteiger partial charge is 0.416 e. The van der Waals surface area contributed by atoms with Crippen LogP contribution < -0.4 is 0 Å². The van der Waals surface area contributed by atoms with Gasteiger partial charge in [0, 0.05) is 5.75 Å². The summed E-state index contributed by atoms with van der Waals surface area (Å²) in [5.74, 6) is 0.284. The molecule has 0 aliphatic carbocycles. The number of aryl methyl sites for hydroxylation is 1. The van der Waals surface area contributed by atoms with Crippen LogP contribution in [-0.2, 0) is 12.6 Å². The fourth-order valence-electron chi connectivity index (χ4n) is 1.40. The van der Waals surface area contributed by atoms with Gasteiger partial charge in [0.15, 0.2) is 0 Å². The van der Waals surface area contributed by atoms with Gasteiger partial charge in [0.2, 0.25) is 0 Å². The minimum atomic E-state index is -4.32. The first kappa shape index (κ1) is 14.4. The molecule has 0 radical (unpaired) electrons. The Morgan fingerprint density at radius 2 is 1.94 bits per heavy atom. The number of hydrogen-bond donors (Lipinski definition) is 2. The number of hydrogen-bond acceptors (Lipinski definition) is 2. The SMILES string of the molecule is CC(O)(CS)CCc1cccc(C(F)(F)F)c1. The van der Waals surface area contributed by atoms with Gasteiger partial charge in [-0.05, 0) is 31.4 Å². The highest BCUT2D eigenvalue weighted by molar-refractivity contribution is 7.80. The third kappa shape index (κ3) is 4.60. The molecule has 0 aliphatic rings. The van der Waals surface area contributed by atoms with Gasteiger partial charge in [-0.25, -0.2) is 0 Å². The molecule has 0 saturated heterocycles. The Hall–Kier alpha value is -0.680. The molecule has 1 rings (SSSR count). The van der Waals surface area contributed by atoms with Crippen molar-refractivity contribution in [3.63, 3.8) is 0 Å². The first-order valence-electron chi connectivity index (χ1n) is 5.24. The molecular formula is C12H15F3OS. The van der Waals surface area contributed by atoms with Gasteiger partial charge in [0.05, 0.1) is 11.2 Å². The van der Waals surface area contributed by atoms with Crippen LogP contribution in [-0.4, -0.2) is 16.5 Å². The topological polar surface area (TPSA) is 20.2 Å². The van der Waals surface area contributed by atoms with Crippen LogP contribution in [0.2, 0.25) is 0 Å². The first-order valence-corrected chi connectivity index (χ1v) is 5.87. The summed E-state index contributed by atoms with van der Waals surface area (Å²) in [4.78, 5) is 0. The quantitative estimate of drug-likeness (QED) is 0.799. The van der Waals surface area contributed by atoms with Crippen molar-refractivity contribution in [3.8, 4) is 0 Å². The molecule has 0 bridgehead atoms. The monoisotopic (exact) mass is 264 g/mol. The van der Waals surface area contributed by atoms with E-state index in [-0.39, 0.29) is 5.75 Å². The molecule has 0 heterocycles. The average Bonchev–Trinajstić information content (AvgIpc) is 2.26. The van der Waals surface area contributed by atoms with Gasteiger partial charge >= 0.3 is 6.18 Å². The standard InChI is InChI=1S/C12H15F3OS/c1-11(16,8-17)6-5-9-3-2-4-10(7-9)12(13,14)15/h2-4,7,16-17H,5-6,8H2,1H3. The van der Waals surface area contributed by atoms with Gasteiger partial charge in [0.25, 0.3) is 0 Å². The predicted molar refractivity (Wildman–Crippen MR) is 64.2 cm³/mol. The Bertz CT molecular complexity index is 374. The van der Waals surface area contributed by atoms with Crippen LogP contribution in [0.1, 0.15) is 24.5 Å². The lowest BCUT2D eigenvalue weighted by molar-refractivity contribution is -0.137. The van der Waals surface area contributed by atoms with E-state index in [2.05, 4.69) is 12.6 Å². The van der Waals surface area contributed by atoms with Crippen molar-refractivity contribution in [2.45, 2.75) is 31.5 Å². The molecule has 0 spiro atoms.